The fourth-order valence-electron chi connectivity index (χ4n) is 4.47. The van der Waals surface area contributed by atoms with Crippen LogP contribution in [0.2, 0.25) is 10.0 Å². The predicted octanol–water partition coefficient (Wildman–Crippen LogP) is 6.39. The third-order valence-corrected chi connectivity index (χ3v) is 8.57. The minimum absolute atomic E-state index is 0.0303. The molecular formula is C27H32Cl2N4O6S. The molecule has 0 saturated carbocycles. The van der Waals surface area contributed by atoms with E-state index in [1.807, 2.05) is 20.8 Å². The number of likely N-dealkylation sites (tertiary alicyclic amines) is 1. The van der Waals surface area contributed by atoms with E-state index in [9.17, 15) is 18.0 Å². The van der Waals surface area contributed by atoms with Gasteiger partial charge in [-0.2, -0.15) is 8.42 Å². The Morgan fingerprint density at radius 1 is 1.12 bits per heavy atom. The number of hydrogen-bond acceptors (Lipinski definition) is 7. The van der Waals surface area contributed by atoms with Crippen molar-refractivity contribution in [3.63, 3.8) is 0 Å². The molecule has 10 nitrogen and oxygen atoms in total. The highest BCUT2D eigenvalue weighted by molar-refractivity contribution is 7.87. The van der Waals surface area contributed by atoms with Crippen molar-refractivity contribution in [1.82, 2.24) is 14.9 Å². The van der Waals surface area contributed by atoms with Gasteiger partial charge in [-0.25, -0.2) is 9.78 Å². The summed E-state index contributed by atoms with van der Waals surface area (Å²) in [7, 11) is -4.28. The first-order valence-corrected chi connectivity index (χ1v) is 15.1. The van der Waals surface area contributed by atoms with E-state index < -0.39 is 15.7 Å². The van der Waals surface area contributed by atoms with Crippen molar-refractivity contribution >= 4 is 62.3 Å². The maximum Gasteiger partial charge on any atom is 0.410 e. The average molecular weight is 612 g/mol. The van der Waals surface area contributed by atoms with Gasteiger partial charge in [0.1, 0.15) is 16.2 Å². The van der Waals surface area contributed by atoms with Gasteiger partial charge < -0.3 is 18.8 Å². The lowest BCUT2D eigenvalue weighted by Crippen LogP contribution is -2.41. The molecule has 216 valence electrons. The third kappa shape index (κ3) is 7.80. The van der Waals surface area contributed by atoms with Gasteiger partial charge >= 0.3 is 16.2 Å². The van der Waals surface area contributed by atoms with Crippen LogP contribution in [0.1, 0.15) is 52.9 Å². The van der Waals surface area contributed by atoms with Crippen molar-refractivity contribution in [2.24, 2.45) is 5.92 Å². The molecule has 2 N–H and O–H groups in total. The number of aromatic amines is 1. The van der Waals surface area contributed by atoms with Crippen LogP contribution >= 0.6 is 23.2 Å². The van der Waals surface area contributed by atoms with Gasteiger partial charge in [-0.3, -0.25) is 10.1 Å². The molecule has 13 heteroatoms. The normalized spacial score (nSPS) is 14.8. The number of aromatic nitrogens is 2. The van der Waals surface area contributed by atoms with Gasteiger partial charge in [0.2, 0.25) is 11.9 Å². The Kier molecular flexibility index (Phi) is 9.16. The molecule has 1 saturated heterocycles. The lowest BCUT2D eigenvalue weighted by molar-refractivity contribution is -0.116. The summed E-state index contributed by atoms with van der Waals surface area (Å²) in [5, 5.41) is 2.65. The zero-order valence-electron chi connectivity index (χ0n) is 22.5. The molecule has 0 atom stereocenters. The largest absolute Gasteiger partial charge is 0.444 e. The maximum absolute atomic E-state index is 12.7. The van der Waals surface area contributed by atoms with Crippen molar-refractivity contribution < 1.29 is 26.9 Å². The van der Waals surface area contributed by atoms with Crippen LogP contribution in [0.4, 0.5) is 10.7 Å². The monoisotopic (exact) mass is 610 g/mol. The molecule has 0 aliphatic carbocycles. The van der Waals surface area contributed by atoms with E-state index in [2.05, 4.69) is 15.3 Å². The Bertz CT molecular complexity index is 1470. The lowest BCUT2D eigenvalue weighted by atomic mass is 9.91. The number of nitrogens with zero attached hydrogens (tertiary/aromatic N) is 2. The van der Waals surface area contributed by atoms with E-state index in [4.69, 9.17) is 32.1 Å². The molecule has 1 aromatic heterocycles. The average Bonchev–Trinajstić information content (AvgIpc) is 3.24. The Morgan fingerprint density at radius 2 is 1.80 bits per heavy atom. The van der Waals surface area contributed by atoms with Crippen molar-refractivity contribution in [3.8, 4) is 5.75 Å². The number of fused-ring (bicyclic) bond motifs is 1. The molecule has 0 bridgehead atoms. The molecule has 1 aliphatic rings. The summed E-state index contributed by atoms with van der Waals surface area (Å²) in [6.07, 6.45) is 3.42. The number of carbonyl (C=O) groups is 2. The van der Waals surface area contributed by atoms with Gasteiger partial charge in [0, 0.05) is 25.6 Å². The Labute approximate surface area is 243 Å². The van der Waals surface area contributed by atoms with Gasteiger partial charge in [0.25, 0.3) is 0 Å². The van der Waals surface area contributed by atoms with Crippen molar-refractivity contribution in [2.75, 3.05) is 18.4 Å². The minimum atomic E-state index is -4.28. The second-order valence-corrected chi connectivity index (χ2v) is 13.0. The molecule has 2 aromatic carbocycles. The number of nitrogens with one attached hydrogen (secondary N) is 2. The standard InChI is InChI=1S/C27H32Cl2N4O6S/c1-27(2,3)38-26(35)33-14-12-17(13-15-33)6-4-9-23(34)32-25-30-21-11-10-18(16-22(21)31-25)39-40(36,37)24-19(28)7-5-8-20(24)29/h5,7-8,10-11,16-17H,4,6,9,12-15H2,1-3H3,(H2,30,31,32,34). The summed E-state index contributed by atoms with van der Waals surface area (Å²) >= 11 is 12.0. The molecule has 3 aromatic rings. The molecule has 0 spiro atoms. The SMILES string of the molecule is CC(C)(C)OC(=O)N1CCC(CCCC(=O)Nc2nc3ccc(OS(=O)(=O)c4c(Cl)cccc4Cl)cc3[nH]2)CC1. The molecule has 1 fully saturated rings. The minimum Gasteiger partial charge on any atom is -0.444 e. The zero-order valence-corrected chi connectivity index (χ0v) is 24.8. The molecular weight excluding hydrogens is 579 g/mol. The van der Waals surface area contributed by atoms with E-state index in [0.29, 0.717) is 42.9 Å². The fourth-order valence-corrected chi connectivity index (χ4v) is 6.48. The number of ether oxygens (including phenoxy) is 1. The van der Waals surface area contributed by atoms with Crippen LogP contribution in [0.3, 0.4) is 0 Å². The van der Waals surface area contributed by atoms with Crippen molar-refractivity contribution in [3.05, 3.63) is 46.4 Å². The second kappa shape index (κ2) is 12.2. The molecule has 0 radical (unpaired) electrons. The van der Waals surface area contributed by atoms with Crippen LogP contribution in [0, 0.1) is 5.92 Å². The van der Waals surface area contributed by atoms with E-state index in [1.165, 1.54) is 30.3 Å². The summed E-state index contributed by atoms with van der Waals surface area (Å²) in [4.78, 5) is 33.5. The number of amides is 2. The number of hydrogen-bond donors (Lipinski definition) is 2. The van der Waals surface area contributed by atoms with Gasteiger partial charge in [-0.15, -0.1) is 0 Å². The van der Waals surface area contributed by atoms with E-state index in [1.54, 1.807) is 11.0 Å². The van der Waals surface area contributed by atoms with Crippen LogP contribution in [-0.4, -0.2) is 54.0 Å². The smallest absolute Gasteiger partial charge is 0.410 e. The number of carbonyl (C=O) groups excluding carboxylic acids is 2. The van der Waals surface area contributed by atoms with E-state index in [-0.39, 0.29) is 38.6 Å². The van der Waals surface area contributed by atoms with Crippen molar-refractivity contribution in [1.29, 1.82) is 0 Å². The quantitative estimate of drug-likeness (QED) is 0.282. The summed E-state index contributed by atoms with van der Waals surface area (Å²) in [5.41, 5.74) is 0.488. The number of anilines is 1. The van der Waals surface area contributed by atoms with Crippen LogP contribution in [0.5, 0.6) is 5.75 Å². The molecule has 40 heavy (non-hydrogen) atoms. The van der Waals surface area contributed by atoms with Crippen LogP contribution in [0.25, 0.3) is 11.0 Å². The fraction of sp³-hybridized carbons (Fsp3) is 0.444. The highest BCUT2D eigenvalue weighted by Gasteiger charge is 2.27. The maximum atomic E-state index is 12.7. The van der Waals surface area contributed by atoms with Gasteiger partial charge in [0.15, 0.2) is 0 Å². The number of imidazole rings is 1. The number of H-pyrrole nitrogens is 1. The number of rotatable bonds is 8. The van der Waals surface area contributed by atoms with Crippen LogP contribution in [-0.2, 0) is 19.6 Å². The first kappa shape index (κ1) is 30.0. The highest BCUT2D eigenvalue weighted by atomic mass is 35.5. The Balaban J connectivity index is 1.26. The summed E-state index contributed by atoms with van der Waals surface area (Å²) in [5.74, 6) is 0.549. The topological polar surface area (TPSA) is 131 Å². The predicted molar refractivity (Wildman–Crippen MR) is 153 cm³/mol. The molecule has 0 unspecified atom stereocenters. The summed E-state index contributed by atoms with van der Waals surface area (Å²) in [6.45, 7) is 6.87. The van der Waals surface area contributed by atoms with E-state index >= 15 is 0 Å². The molecule has 2 amide bonds. The lowest BCUT2D eigenvalue weighted by Gasteiger charge is -2.33. The van der Waals surface area contributed by atoms with Crippen LogP contribution in [0.15, 0.2) is 41.3 Å². The first-order valence-electron chi connectivity index (χ1n) is 13.0. The van der Waals surface area contributed by atoms with Gasteiger partial charge in [-0.05, 0) is 76.6 Å². The molecule has 1 aliphatic heterocycles. The summed E-state index contributed by atoms with van der Waals surface area (Å²) < 4.78 is 36.2. The Morgan fingerprint density at radius 3 is 2.45 bits per heavy atom. The Hall–Kier alpha value is -3.02. The van der Waals surface area contributed by atoms with E-state index in [0.717, 1.165) is 19.3 Å². The zero-order chi connectivity index (χ0) is 29.1. The third-order valence-electron chi connectivity index (χ3n) is 6.37. The first-order chi connectivity index (χ1) is 18.8. The number of piperidine rings is 1. The second-order valence-electron chi connectivity index (χ2n) is 10.7. The van der Waals surface area contributed by atoms with Gasteiger partial charge in [0.05, 0.1) is 21.1 Å². The summed E-state index contributed by atoms with van der Waals surface area (Å²) in [6, 6.07) is 8.84. The highest BCUT2D eigenvalue weighted by Crippen LogP contribution is 2.32. The molecule has 2 heterocycles. The van der Waals surface area contributed by atoms with Crippen molar-refractivity contribution in [2.45, 2.75) is 63.4 Å². The molecule has 4 rings (SSSR count). The van der Waals surface area contributed by atoms with Gasteiger partial charge in [-0.1, -0.05) is 29.3 Å². The van der Waals surface area contributed by atoms with Crippen LogP contribution < -0.4 is 9.50 Å². The number of halogens is 2. The number of benzene rings is 2.